The zero-order valence-electron chi connectivity index (χ0n) is 13.5. The third-order valence-electron chi connectivity index (χ3n) is 3.44. The number of rotatable bonds is 5. The van der Waals surface area contributed by atoms with Gasteiger partial charge in [-0.1, -0.05) is 36.4 Å². The molecule has 0 saturated heterocycles. The first kappa shape index (κ1) is 16.7. The van der Waals surface area contributed by atoms with Gasteiger partial charge in [0.05, 0.1) is 7.11 Å². The monoisotopic (exact) mass is 312 g/mol. The molecule has 0 unspecified atom stereocenters. The fourth-order valence-corrected chi connectivity index (χ4v) is 2.19. The van der Waals surface area contributed by atoms with Crippen molar-refractivity contribution >= 4 is 11.9 Å². The molecule has 1 heterocycles. The number of hydrogen-bond donors (Lipinski definition) is 0. The molecule has 0 radical (unpaired) electrons. The summed E-state index contributed by atoms with van der Waals surface area (Å²) in [4.78, 5) is 30.2. The van der Waals surface area contributed by atoms with Crippen molar-refractivity contribution in [1.29, 1.82) is 0 Å². The second-order valence-electron chi connectivity index (χ2n) is 5.41. The van der Waals surface area contributed by atoms with Crippen LogP contribution in [0.25, 0.3) is 0 Å². The lowest BCUT2D eigenvalue weighted by molar-refractivity contribution is 0.0593. The highest BCUT2D eigenvalue weighted by atomic mass is 16.5. The van der Waals surface area contributed by atoms with Crippen molar-refractivity contribution in [3.63, 3.8) is 0 Å². The molecule has 0 aliphatic heterocycles. The van der Waals surface area contributed by atoms with Crippen LogP contribution in [0.2, 0.25) is 0 Å². The van der Waals surface area contributed by atoms with Gasteiger partial charge in [-0.15, -0.1) is 0 Å². The Morgan fingerprint density at radius 3 is 2.30 bits per heavy atom. The molecule has 0 aliphatic rings. The standard InChI is InChI=1S/C18H20N2O3/c1-13(2)20(12-14-8-5-4-6-9-14)17(21)15-10-7-11-16(19-15)18(22)23-3/h4-11,13H,12H2,1-3H3. The summed E-state index contributed by atoms with van der Waals surface area (Å²) >= 11 is 0. The van der Waals surface area contributed by atoms with Gasteiger partial charge in [0.25, 0.3) is 5.91 Å². The molecule has 5 heteroatoms. The van der Waals surface area contributed by atoms with Gasteiger partial charge in [0, 0.05) is 12.6 Å². The molecule has 0 atom stereocenters. The van der Waals surface area contributed by atoms with Crippen molar-refractivity contribution in [3.05, 3.63) is 65.5 Å². The number of benzene rings is 1. The third-order valence-corrected chi connectivity index (χ3v) is 3.44. The predicted octanol–water partition coefficient (Wildman–Crippen LogP) is 2.92. The summed E-state index contributed by atoms with van der Waals surface area (Å²) in [6, 6.07) is 14.5. The molecule has 0 bridgehead atoms. The number of amides is 1. The summed E-state index contributed by atoms with van der Waals surface area (Å²) in [7, 11) is 1.29. The minimum absolute atomic E-state index is 0.00582. The Labute approximate surface area is 135 Å². The molecule has 0 N–H and O–H groups in total. The highest BCUT2D eigenvalue weighted by Crippen LogP contribution is 2.13. The predicted molar refractivity (Wildman–Crippen MR) is 87.0 cm³/mol. The number of pyridine rings is 1. The molecular weight excluding hydrogens is 292 g/mol. The van der Waals surface area contributed by atoms with Crippen molar-refractivity contribution in [1.82, 2.24) is 9.88 Å². The summed E-state index contributed by atoms with van der Waals surface area (Å²) in [6.45, 7) is 4.39. The van der Waals surface area contributed by atoms with Crippen molar-refractivity contribution in [2.45, 2.75) is 26.4 Å². The van der Waals surface area contributed by atoms with Gasteiger partial charge >= 0.3 is 5.97 Å². The van der Waals surface area contributed by atoms with Gasteiger partial charge in [0.15, 0.2) is 0 Å². The van der Waals surface area contributed by atoms with E-state index in [0.29, 0.717) is 6.54 Å². The largest absolute Gasteiger partial charge is 0.464 e. The quantitative estimate of drug-likeness (QED) is 0.797. The van der Waals surface area contributed by atoms with Crippen molar-refractivity contribution < 1.29 is 14.3 Å². The van der Waals surface area contributed by atoms with Gasteiger partial charge in [0.1, 0.15) is 11.4 Å². The fourth-order valence-electron chi connectivity index (χ4n) is 2.19. The van der Waals surface area contributed by atoms with Crippen LogP contribution in [0.3, 0.4) is 0 Å². The van der Waals surface area contributed by atoms with Gasteiger partial charge < -0.3 is 9.64 Å². The van der Waals surface area contributed by atoms with Crippen LogP contribution in [0, 0.1) is 0 Å². The Hall–Kier alpha value is -2.69. The number of nitrogens with zero attached hydrogens (tertiary/aromatic N) is 2. The van der Waals surface area contributed by atoms with Gasteiger partial charge in [0.2, 0.25) is 0 Å². The molecule has 5 nitrogen and oxygen atoms in total. The lowest BCUT2D eigenvalue weighted by atomic mass is 10.1. The zero-order chi connectivity index (χ0) is 16.8. The number of hydrogen-bond acceptors (Lipinski definition) is 4. The molecule has 2 aromatic rings. The lowest BCUT2D eigenvalue weighted by Gasteiger charge is -2.26. The van der Waals surface area contributed by atoms with Crippen LogP contribution >= 0.6 is 0 Å². The average molecular weight is 312 g/mol. The molecule has 0 saturated carbocycles. The Bertz CT molecular complexity index is 684. The van der Waals surface area contributed by atoms with Crippen LogP contribution in [-0.2, 0) is 11.3 Å². The molecule has 0 fully saturated rings. The second kappa shape index (κ2) is 7.54. The SMILES string of the molecule is COC(=O)c1cccc(C(=O)N(Cc2ccccc2)C(C)C)n1. The van der Waals surface area contributed by atoms with Crippen LogP contribution < -0.4 is 0 Å². The molecule has 0 aliphatic carbocycles. The molecule has 1 aromatic carbocycles. The van der Waals surface area contributed by atoms with E-state index < -0.39 is 5.97 Å². The molecular formula is C18H20N2O3. The van der Waals surface area contributed by atoms with E-state index in [0.717, 1.165) is 5.56 Å². The summed E-state index contributed by atoms with van der Waals surface area (Å²) in [5.41, 5.74) is 1.40. The third kappa shape index (κ3) is 4.16. The number of ether oxygens (including phenoxy) is 1. The van der Waals surface area contributed by atoms with E-state index in [2.05, 4.69) is 9.72 Å². The molecule has 0 spiro atoms. The number of esters is 1. The molecule has 23 heavy (non-hydrogen) atoms. The van der Waals surface area contributed by atoms with Crippen molar-refractivity contribution in [2.24, 2.45) is 0 Å². The lowest BCUT2D eigenvalue weighted by Crippen LogP contribution is -2.37. The van der Waals surface area contributed by atoms with E-state index >= 15 is 0 Å². The van der Waals surface area contributed by atoms with Gasteiger partial charge in [-0.25, -0.2) is 9.78 Å². The number of carbonyl (C=O) groups is 2. The van der Waals surface area contributed by atoms with Crippen molar-refractivity contribution in [3.8, 4) is 0 Å². The maximum Gasteiger partial charge on any atom is 0.356 e. The van der Waals surface area contributed by atoms with Crippen LogP contribution in [0.4, 0.5) is 0 Å². The number of carbonyl (C=O) groups excluding carboxylic acids is 2. The molecule has 120 valence electrons. The molecule has 2 rings (SSSR count). The number of methoxy groups -OCH3 is 1. The van der Waals surface area contributed by atoms with Gasteiger partial charge in [-0.05, 0) is 31.5 Å². The van der Waals surface area contributed by atoms with Gasteiger partial charge in [-0.2, -0.15) is 0 Å². The molecule has 1 aromatic heterocycles. The maximum atomic E-state index is 12.8. The van der Waals surface area contributed by atoms with E-state index in [1.807, 2.05) is 44.2 Å². The highest BCUT2D eigenvalue weighted by Gasteiger charge is 2.21. The van der Waals surface area contributed by atoms with E-state index in [9.17, 15) is 9.59 Å². The van der Waals surface area contributed by atoms with Crippen LogP contribution in [0.1, 0.15) is 40.4 Å². The van der Waals surface area contributed by atoms with Crippen LogP contribution in [-0.4, -0.2) is 34.9 Å². The summed E-state index contributed by atoms with van der Waals surface area (Å²) in [5.74, 6) is -0.770. The maximum absolute atomic E-state index is 12.8. The average Bonchev–Trinajstić information content (AvgIpc) is 2.59. The summed E-state index contributed by atoms with van der Waals surface area (Å²) < 4.78 is 4.65. The Morgan fingerprint density at radius 2 is 1.70 bits per heavy atom. The Morgan fingerprint density at radius 1 is 1.04 bits per heavy atom. The van der Waals surface area contributed by atoms with E-state index in [1.54, 1.807) is 17.0 Å². The first-order valence-electron chi connectivity index (χ1n) is 7.43. The zero-order valence-corrected chi connectivity index (χ0v) is 13.5. The van der Waals surface area contributed by atoms with E-state index in [4.69, 9.17) is 0 Å². The first-order valence-corrected chi connectivity index (χ1v) is 7.43. The van der Waals surface area contributed by atoms with Gasteiger partial charge in [-0.3, -0.25) is 4.79 Å². The first-order chi connectivity index (χ1) is 11.0. The number of aromatic nitrogens is 1. The smallest absolute Gasteiger partial charge is 0.356 e. The highest BCUT2D eigenvalue weighted by molar-refractivity contribution is 5.94. The van der Waals surface area contributed by atoms with E-state index in [-0.39, 0.29) is 23.3 Å². The Kier molecular flexibility index (Phi) is 5.46. The molecule has 1 amide bonds. The fraction of sp³-hybridized carbons (Fsp3) is 0.278. The topological polar surface area (TPSA) is 59.5 Å². The van der Waals surface area contributed by atoms with Crippen molar-refractivity contribution in [2.75, 3.05) is 7.11 Å². The summed E-state index contributed by atoms with van der Waals surface area (Å²) in [6.07, 6.45) is 0. The minimum Gasteiger partial charge on any atom is -0.464 e. The summed E-state index contributed by atoms with van der Waals surface area (Å²) in [5, 5.41) is 0. The second-order valence-corrected chi connectivity index (χ2v) is 5.41. The normalized spacial score (nSPS) is 10.4. The van der Waals surface area contributed by atoms with Crippen LogP contribution in [0.5, 0.6) is 0 Å². The Balaban J connectivity index is 2.26. The minimum atomic E-state index is -0.557. The van der Waals surface area contributed by atoms with Crippen LogP contribution in [0.15, 0.2) is 48.5 Å². The van der Waals surface area contributed by atoms with E-state index in [1.165, 1.54) is 13.2 Å².